The van der Waals surface area contributed by atoms with E-state index < -0.39 is 0 Å². The number of aromatic nitrogens is 3. The van der Waals surface area contributed by atoms with E-state index in [0.717, 1.165) is 36.6 Å². The molecule has 1 aliphatic rings. The summed E-state index contributed by atoms with van der Waals surface area (Å²) < 4.78 is 19.2. The first-order valence-electron chi connectivity index (χ1n) is 12.6. The maximum absolute atomic E-state index is 13.4. The number of nitrogens with one attached hydrogen (secondary N) is 1. The van der Waals surface area contributed by atoms with Gasteiger partial charge in [0.1, 0.15) is 36.0 Å². The molecule has 0 bridgehead atoms. The van der Waals surface area contributed by atoms with Gasteiger partial charge in [0.2, 0.25) is 0 Å². The average molecular weight is 528 g/mol. The van der Waals surface area contributed by atoms with Crippen molar-refractivity contribution in [2.75, 3.05) is 18.4 Å². The SMILES string of the molecule is Fc1cccc(COc2ccc(Nc3ncncc3C#Cc3cccc(CN4CCCCC4)n3)cc2Cl)c1. The lowest BCUT2D eigenvalue weighted by atomic mass is 10.1. The molecular weight excluding hydrogens is 501 g/mol. The first kappa shape index (κ1) is 25.7. The molecule has 1 fully saturated rings. The van der Waals surface area contributed by atoms with E-state index in [4.69, 9.17) is 21.3 Å². The molecule has 5 rings (SSSR count). The molecule has 0 spiro atoms. The van der Waals surface area contributed by atoms with Crippen LogP contribution in [-0.4, -0.2) is 32.9 Å². The van der Waals surface area contributed by atoms with Gasteiger partial charge in [-0.15, -0.1) is 0 Å². The molecule has 6 nitrogen and oxygen atoms in total. The van der Waals surface area contributed by atoms with Crippen molar-refractivity contribution in [1.29, 1.82) is 0 Å². The number of pyridine rings is 1. The summed E-state index contributed by atoms with van der Waals surface area (Å²) in [7, 11) is 0. The molecular formula is C30H27ClFN5O. The molecule has 192 valence electrons. The summed E-state index contributed by atoms with van der Waals surface area (Å²) in [6, 6.07) is 17.6. The largest absolute Gasteiger partial charge is 0.487 e. The molecule has 8 heteroatoms. The molecule has 38 heavy (non-hydrogen) atoms. The van der Waals surface area contributed by atoms with Gasteiger partial charge in [0.15, 0.2) is 0 Å². The van der Waals surface area contributed by atoms with Gasteiger partial charge in [0.25, 0.3) is 0 Å². The van der Waals surface area contributed by atoms with E-state index in [1.165, 1.54) is 37.7 Å². The Kier molecular flexibility index (Phi) is 8.44. The number of anilines is 2. The van der Waals surface area contributed by atoms with E-state index in [-0.39, 0.29) is 12.4 Å². The number of nitrogens with zero attached hydrogens (tertiary/aromatic N) is 4. The van der Waals surface area contributed by atoms with Crippen LogP contribution in [0.4, 0.5) is 15.9 Å². The molecule has 0 radical (unpaired) electrons. The molecule has 1 saturated heterocycles. The quantitative estimate of drug-likeness (QED) is 0.282. The molecule has 0 atom stereocenters. The Bertz CT molecular complexity index is 1460. The second-order valence-corrected chi connectivity index (χ2v) is 9.48. The van der Waals surface area contributed by atoms with Crippen molar-refractivity contribution in [3.05, 3.63) is 107 Å². The van der Waals surface area contributed by atoms with Crippen molar-refractivity contribution in [3.8, 4) is 17.6 Å². The van der Waals surface area contributed by atoms with Gasteiger partial charge in [-0.25, -0.2) is 19.3 Å². The summed E-state index contributed by atoms with van der Waals surface area (Å²) in [5.41, 5.74) is 3.81. The van der Waals surface area contributed by atoms with Crippen molar-refractivity contribution >= 4 is 23.1 Å². The highest BCUT2D eigenvalue weighted by molar-refractivity contribution is 6.32. The molecule has 2 aromatic heterocycles. The Labute approximate surface area is 226 Å². The number of piperidine rings is 1. The molecule has 1 aliphatic heterocycles. The number of likely N-dealkylation sites (tertiary alicyclic amines) is 1. The maximum atomic E-state index is 13.4. The van der Waals surface area contributed by atoms with Crippen LogP contribution in [0.5, 0.6) is 5.75 Å². The molecule has 4 aromatic rings. The van der Waals surface area contributed by atoms with E-state index >= 15 is 0 Å². The van der Waals surface area contributed by atoms with Crippen LogP contribution >= 0.6 is 11.6 Å². The van der Waals surface area contributed by atoms with Crippen molar-refractivity contribution in [1.82, 2.24) is 19.9 Å². The third-order valence-corrected chi connectivity index (χ3v) is 6.45. The molecule has 0 amide bonds. The summed E-state index contributed by atoms with van der Waals surface area (Å²) in [5, 5.41) is 3.67. The number of rotatable bonds is 7. The van der Waals surface area contributed by atoms with Gasteiger partial charge >= 0.3 is 0 Å². The van der Waals surface area contributed by atoms with Gasteiger partial charge in [-0.2, -0.15) is 0 Å². The van der Waals surface area contributed by atoms with Gasteiger partial charge in [0, 0.05) is 18.4 Å². The van der Waals surface area contributed by atoms with E-state index in [9.17, 15) is 4.39 Å². The number of halogens is 2. The zero-order chi connectivity index (χ0) is 26.2. The monoisotopic (exact) mass is 527 g/mol. The number of benzene rings is 2. The fourth-order valence-electron chi connectivity index (χ4n) is 4.26. The zero-order valence-electron chi connectivity index (χ0n) is 20.8. The van der Waals surface area contributed by atoms with Crippen LogP contribution in [0.3, 0.4) is 0 Å². The van der Waals surface area contributed by atoms with E-state index in [1.807, 2.05) is 24.3 Å². The first-order chi connectivity index (χ1) is 18.6. The van der Waals surface area contributed by atoms with Crippen LogP contribution in [0.25, 0.3) is 0 Å². The minimum absolute atomic E-state index is 0.211. The molecule has 3 heterocycles. The lowest BCUT2D eigenvalue weighted by Gasteiger charge is -2.25. The Morgan fingerprint density at radius 1 is 1.00 bits per heavy atom. The fraction of sp³-hybridized carbons (Fsp3) is 0.233. The molecule has 1 N–H and O–H groups in total. The lowest BCUT2D eigenvalue weighted by Crippen LogP contribution is -2.29. The van der Waals surface area contributed by atoms with Crippen molar-refractivity contribution in [3.63, 3.8) is 0 Å². The summed E-state index contributed by atoms with van der Waals surface area (Å²) >= 11 is 6.45. The average Bonchev–Trinajstić information content (AvgIpc) is 2.93. The van der Waals surface area contributed by atoms with E-state index in [1.54, 1.807) is 30.5 Å². The predicted molar refractivity (Wildman–Crippen MR) is 147 cm³/mol. The predicted octanol–water partition coefficient (Wildman–Crippen LogP) is 6.37. The number of ether oxygens (including phenoxy) is 1. The van der Waals surface area contributed by atoms with Crippen LogP contribution in [0.15, 0.2) is 73.2 Å². The second kappa shape index (κ2) is 12.5. The van der Waals surface area contributed by atoms with Gasteiger partial charge in [-0.05, 0) is 79.9 Å². The lowest BCUT2D eigenvalue weighted by molar-refractivity contribution is 0.218. The van der Waals surface area contributed by atoms with Crippen molar-refractivity contribution in [2.45, 2.75) is 32.4 Å². The topological polar surface area (TPSA) is 63.2 Å². The summed E-state index contributed by atoms with van der Waals surface area (Å²) in [5.74, 6) is 7.05. The highest BCUT2D eigenvalue weighted by Crippen LogP contribution is 2.30. The van der Waals surface area contributed by atoms with E-state index in [0.29, 0.717) is 27.8 Å². The molecule has 0 aliphatic carbocycles. The maximum Gasteiger partial charge on any atom is 0.149 e. The minimum Gasteiger partial charge on any atom is -0.487 e. The minimum atomic E-state index is -0.304. The van der Waals surface area contributed by atoms with Gasteiger partial charge in [-0.1, -0.05) is 42.1 Å². The summed E-state index contributed by atoms with van der Waals surface area (Å²) in [6.07, 6.45) is 6.94. The third kappa shape index (κ3) is 7.06. The van der Waals surface area contributed by atoms with Gasteiger partial charge < -0.3 is 10.1 Å². The van der Waals surface area contributed by atoms with Crippen LogP contribution in [0, 0.1) is 17.7 Å². The standard InChI is InChI=1S/C30H27ClFN5O/c31-28-17-26(12-13-29(28)38-20-22-6-4-7-24(32)16-22)36-30-23(18-33-21-34-30)10-11-25-8-5-9-27(35-25)19-37-14-2-1-3-15-37/h4-9,12-13,16-18,21H,1-3,14-15,19-20H2,(H,33,34,36). The normalized spacial score (nSPS) is 13.4. The van der Waals surface area contributed by atoms with Crippen LogP contribution < -0.4 is 10.1 Å². The van der Waals surface area contributed by atoms with Gasteiger partial charge in [-0.3, -0.25) is 4.90 Å². The zero-order valence-corrected chi connectivity index (χ0v) is 21.6. The Balaban J connectivity index is 1.26. The first-order valence-corrected chi connectivity index (χ1v) is 12.9. The smallest absolute Gasteiger partial charge is 0.149 e. The van der Waals surface area contributed by atoms with Crippen LogP contribution in [-0.2, 0) is 13.2 Å². The number of hydrogen-bond acceptors (Lipinski definition) is 6. The Hall–Kier alpha value is -3.99. The highest BCUT2D eigenvalue weighted by atomic mass is 35.5. The molecule has 0 saturated carbocycles. The summed E-state index contributed by atoms with van der Waals surface area (Å²) in [6.45, 7) is 3.30. The number of hydrogen-bond donors (Lipinski definition) is 1. The summed E-state index contributed by atoms with van der Waals surface area (Å²) in [4.78, 5) is 15.7. The van der Waals surface area contributed by atoms with Crippen molar-refractivity contribution < 1.29 is 9.13 Å². The molecule has 0 unspecified atom stereocenters. The van der Waals surface area contributed by atoms with Crippen LogP contribution in [0.2, 0.25) is 5.02 Å². The van der Waals surface area contributed by atoms with E-state index in [2.05, 4.69) is 32.0 Å². The van der Waals surface area contributed by atoms with Crippen molar-refractivity contribution in [2.24, 2.45) is 0 Å². The molecule has 2 aromatic carbocycles. The Morgan fingerprint density at radius 2 is 1.87 bits per heavy atom. The van der Waals surface area contributed by atoms with Gasteiger partial charge in [0.05, 0.1) is 16.3 Å². The fourth-order valence-corrected chi connectivity index (χ4v) is 4.49. The third-order valence-electron chi connectivity index (χ3n) is 6.16. The van der Waals surface area contributed by atoms with Crippen LogP contribution in [0.1, 0.15) is 41.8 Å². The highest BCUT2D eigenvalue weighted by Gasteiger charge is 2.11. The Morgan fingerprint density at radius 3 is 2.71 bits per heavy atom. The second-order valence-electron chi connectivity index (χ2n) is 9.07.